The molecular weight excluding hydrogens is 273 g/mol. The third kappa shape index (κ3) is 3.80. The summed E-state index contributed by atoms with van der Waals surface area (Å²) < 4.78 is 62.7. The van der Waals surface area contributed by atoms with E-state index in [0.29, 0.717) is 6.07 Å². The van der Waals surface area contributed by atoms with Crippen LogP contribution in [0.25, 0.3) is 0 Å². The summed E-state index contributed by atoms with van der Waals surface area (Å²) in [5.74, 6) is -1.52. The highest BCUT2D eigenvalue weighted by molar-refractivity contribution is 5.88. The first-order valence-electron chi connectivity index (χ1n) is 5.06. The number of halogens is 5. The fourth-order valence-corrected chi connectivity index (χ4v) is 1.53. The topological polar surface area (TPSA) is 40.5 Å². The van der Waals surface area contributed by atoms with Crippen molar-refractivity contribution in [1.82, 2.24) is 0 Å². The number of carbonyl (C=O) groups is 1. The van der Waals surface area contributed by atoms with Gasteiger partial charge in [0.15, 0.2) is 0 Å². The lowest BCUT2D eigenvalue weighted by Gasteiger charge is -2.23. The summed E-state index contributed by atoms with van der Waals surface area (Å²) in [6.07, 6.45) is -7.62. The molecule has 1 N–H and O–H groups in total. The van der Waals surface area contributed by atoms with Crippen LogP contribution in [0, 0.1) is 0 Å². The van der Waals surface area contributed by atoms with Gasteiger partial charge in [-0.15, -0.1) is 0 Å². The lowest BCUT2D eigenvalue weighted by molar-refractivity contribution is -0.137. The molecule has 0 aromatic heterocycles. The van der Waals surface area contributed by atoms with Gasteiger partial charge in [-0.1, -0.05) is 0 Å². The Bertz CT molecular complexity index is 473. The monoisotopic (exact) mass is 283 g/mol. The molecule has 0 spiro atoms. The SMILES string of the molecule is CN(CC(F)F)c1ccc(C(=O)O)cc1C(F)(F)F. The molecule has 0 saturated carbocycles. The van der Waals surface area contributed by atoms with E-state index < -0.39 is 41.9 Å². The number of nitrogens with zero attached hydrogens (tertiary/aromatic N) is 1. The Hall–Kier alpha value is -1.86. The maximum atomic E-state index is 12.8. The van der Waals surface area contributed by atoms with E-state index in [9.17, 15) is 26.7 Å². The van der Waals surface area contributed by atoms with Crippen molar-refractivity contribution in [2.45, 2.75) is 12.6 Å². The summed E-state index contributed by atoms with van der Waals surface area (Å²) in [5.41, 5.74) is -2.30. The highest BCUT2D eigenvalue weighted by atomic mass is 19.4. The van der Waals surface area contributed by atoms with Crippen LogP contribution >= 0.6 is 0 Å². The third-order valence-corrected chi connectivity index (χ3v) is 2.37. The predicted molar refractivity (Wildman–Crippen MR) is 57.7 cm³/mol. The molecule has 0 bridgehead atoms. The van der Waals surface area contributed by atoms with E-state index in [1.807, 2.05) is 0 Å². The summed E-state index contributed by atoms with van der Waals surface area (Å²) in [6.45, 7) is -0.879. The van der Waals surface area contributed by atoms with E-state index >= 15 is 0 Å². The van der Waals surface area contributed by atoms with E-state index in [2.05, 4.69) is 0 Å². The number of rotatable bonds is 4. The number of alkyl halides is 5. The second-order valence-corrected chi connectivity index (χ2v) is 3.81. The molecule has 1 aromatic carbocycles. The molecule has 1 aromatic rings. The van der Waals surface area contributed by atoms with Gasteiger partial charge < -0.3 is 10.0 Å². The number of hydrogen-bond acceptors (Lipinski definition) is 2. The Morgan fingerprint density at radius 3 is 2.37 bits per heavy atom. The van der Waals surface area contributed by atoms with Gasteiger partial charge in [0, 0.05) is 12.7 Å². The van der Waals surface area contributed by atoms with E-state index in [1.165, 1.54) is 0 Å². The van der Waals surface area contributed by atoms with Crippen LogP contribution in [0.1, 0.15) is 15.9 Å². The number of anilines is 1. The van der Waals surface area contributed by atoms with Crippen molar-refractivity contribution in [3.8, 4) is 0 Å². The maximum Gasteiger partial charge on any atom is 0.418 e. The van der Waals surface area contributed by atoms with E-state index in [0.717, 1.165) is 24.1 Å². The lowest BCUT2D eigenvalue weighted by Crippen LogP contribution is -2.26. The van der Waals surface area contributed by atoms with Crippen molar-refractivity contribution >= 4 is 11.7 Å². The molecule has 106 valence electrons. The summed E-state index contributed by atoms with van der Waals surface area (Å²) in [6, 6.07) is 2.24. The number of benzene rings is 1. The van der Waals surface area contributed by atoms with Crippen molar-refractivity contribution < 1.29 is 31.9 Å². The van der Waals surface area contributed by atoms with E-state index in [4.69, 9.17) is 5.11 Å². The van der Waals surface area contributed by atoms with Crippen molar-refractivity contribution in [2.24, 2.45) is 0 Å². The molecule has 0 atom stereocenters. The first-order valence-corrected chi connectivity index (χ1v) is 5.06. The highest BCUT2D eigenvalue weighted by Crippen LogP contribution is 2.37. The average Bonchev–Trinajstić information content (AvgIpc) is 2.25. The van der Waals surface area contributed by atoms with Crippen LogP contribution in [-0.2, 0) is 6.18 Å². The predicted octanol–water partition coefficient (Wildman–Crippen LogP) is 3.10. The zero-order valence-corrected chi connectivity index (χ0v) is 9.71. The highest BCUT2D eigenvalue weighted by Gasteiger charge is 2.35. The Balaban J connectivity index is 3.27. The molecule has 0 saturated heterocycles. The molecule has 8 heteroatoms. The minimum absolute atomic E-state index is 0.430. The lowest BCUT2D eigenvalue weighted by atomic mass is 10.1. The molecule has 0 heterocycles. The zero-order valence-electron chi connectivity index (χ0n) is 9.71. The standard InChI is InChI=1S/C11H10F5NO2/c1-17(5-9(12)13)8-3-2-6(10(18)19)4-7(8)11(14,15)16/h2-4,9H,5H2,1H3,(H,18,19). The summed E-state index contributed by atoms with van der Waals surface area (Å²) in [7, 11) is 1.08. The molecule has 0 amide bonds. The van der Waals surface area contributed by atoms with Gasteiger partial charge >= 0.3 is 12.1 Å². The van der Waals surface area contributed by atoms with E-state index in [-0.39, 0.29) is 0 Å². The summed E-state index contributed by atoms with van der Waals surface area (Å²) in [5, 5.41) is 8.65. The van der Waals surface area contributed by atoms with Crippen LogP contribution in [0.3, 0.4) is 0 Å². The van der Waals surface area contributed by atoms with Gasteiger partial charge in [0.25, 0.3) is 6.43 Å². The quantitative estimate of drug-likeness (QED) is 0.863. The maximum absolute atomic E-state index is 12.8. The molecule has 0 fully saturated rings. The van der Waals surface area contributed by atoms with Gasteiger partial charge in [-0.3, -0.25) is 0 Å². The van der Waals surface area contributed by atoms with Crippen LogP contribution in [0.4, 0.5) is 27.6 Å². The average molecular weight is 283 g/mol. The fourth-order valence-electron chi connectivity index (χ4n) is 1.53. The molecule has 0 aliphatic carbocycles. The van der Waals surface area contributed by atoms with Gasteiger partial charge in [0.05, 0.1) is 17.7 Å². The fraction of sp³-hybridized carbons (Fsp3) is 0.364. The summed E-state index contributed by atoms with van der Waals surface area (Å²) in [4.78, 5) is 11.4. The van der Waals surface area contributed by atoms with Crippen molar-refractivity contribution in [3.05, 3.63) is 29.3 Å². The molecule has 0 aliphatic rings. The van der Waals surface area contributed by atoms with Crippen molar-refractivity contribution in [3.63, 3.8) is 0 Å². The molecular formula is C11H10F5NO2. The van der Waals surface area contributed by atoms with Crippen LogP contribution in [0.2, 0.25) is 0 Å². The largest absolute Gasteiger partial charge is 0.478 e. The zero-order chi connectivity index (χ0) is 14.8. The van der Waals surface area contributed by atoms with E-state index in [1.54, 1.807) is 0 Å². The van der Waals surface area contributed by atoms with Gasteiger partial charge in [0.1, 0.15) is 0 Å². The molecule has 0 unspecified atom stereocenters. The Morgan fingerprint density at radius 1 is 1.37 bits per heavy atom. The summed E-state index contributed by atoms with van der Waals surface area (Å²) >= 11 is 0. The number of carboxylic acids is 1. The number of hydrogen-bond donors (Lipinski definition) is 1. The Kier molecular flexibility index (Phi) is 4.33. The normalized spacial score (nSPS) is 11.7. The smallest absolute Gasteiger partial charge is 0.418 e. The molecule has 0 radical (unpaired) electrons. The van der Waals surface area contributed by atoms with Crippen molar-refractivity contribution in [2.75, 3.05) is 18.5 Å². The number of carboxylic acid groups (broad SMARTS) is 1. The van der Waals surface area contributed by atoms with Gasteiger partial charge in [-0.25, -0.2) is 13.6 Å². The molecule has 0 aliphatic heterocycles. The minimum Gasteiger partial charge on any atom is -0.478 e. The molecule has 19 heavy (non-hydrogen) atoms. The van der Waals surface area contributed by atoms with Crippen LogP contribution in [-0.4, -0.2) is 31.1 Å². The van der Waals surface area contributed by atoms with Gasteiger partial charge in [-0.2, -0.15) is 13.2 Å². The van der Waals surface area contributed by atoms with Crippen LogP contribution < -0.4 is 4.90 Å². The second-order valence-electron chi connectivity index (χ2n) is 3.81. The Labute approximate surface area is 105 Å². The second kappa shape index (κ2) is 5.41. The first-order chi connectivity index (χ1) is 8.62. The molecule has 3 nitrogen and oxygen atoms in total. The molecule has 1 rings (SSSR count). The first kappa shape index (κ1) is 15.2. The third-order valence-electron chi connectivity index (χ3n) is 2.37. The minimum atomic E-state index is -4.82. The van der Waals surface area contributed by atoms with Crippen LogP contribution in [0.5, 0.6) is 0 Å². The Morgan fingerprint density at radius 2 is 1.95 bits per heavy atom. The van der Waals surface area contributed by atoms with Crippen molar-refractivity contribution in [1.29, 1.82) is 0 Å². The van der Waals surface area contributed by atoms with Crippen LogP contribution in [0.15, 0.2) is 18.2 Å². The van der Waals surface area contributed by atoms with Gasteiger partial charge in [-0.05, 0) is 18.2 Å². The van der Waals surface area contributed by atoms with Gasteiger partial charge in [0.2, 0.25) is 0 Å². The number of aromatic carboxylic acids is 1.